The lowest BCUT2D eigenvalue weighted by Crippen LogP contribution is -2.30. The number of carbonyl (C=O) groups excluding carboxylic acids is 3. The quantitative estimate of drug-likeness (QED) is 0.0805. The first kappa shape index (κ1) is 41.4. The van der Waals surface area contributed by atoms with Crippen molar-refractivity contribution >= 4 is 46.2 Å². The summed E-state index contributed by atoms with van der Waals surface area (Å²) in [4.78, 5) is 57.4. The van der Waals surface area contributed by atoms with Crippen LogP contribution in [0.15, 0.2) is 59.5 Å². The summed E-state index contributed by atoms with van der Waals surface area (Å²) >= 11 is 0. The zero-order valence-corrected chi connectivity index (χ0v) is 33.1. The van der Waals surface area contributed by atoms with Crippen LogP contribution in [0.1, 0.15) is 111 Å². The van der Waals surface area contributed by atoms with E-state index in [0.29, 0.717) is 65.3 Å². The molecule has 0 atom stereocenters. The molecule has 0 radical (unpaired) electrons. The van der Waals surface area contributed by atoms with Crippen LogP contribution in [0.25, 0.3) is 22.2 Å². The van der Waals surface area contributed by atoms with E-state index in [1.54, 1.807) is 44.5 Å². The number of nitrogens with zero attached hydrogens (tertiary/aromatic N) is 2. The van der Waals surface area contributed by atoms with E-state index in [0.717, 1.165) is 24.0 Å². The molecular formula is C42H55N5O7. The Hall–Kier alpha value is -5.39. The Morgan fingerprint density at radius 2 is 1.54 bits per heavy atom. The first-order chi connectivity index (χ1) is 25.6. The molecule has 2 aromatic heterocycles. The van der Waals surface area contributed by atoms with E-state index in [-0.39, 0.29) is 35.7 Å². The minimum Gasteiger partial charge on any atom is -0.493 e. The van der Waals surface area contributed by atoms with Gasteiger partial charge in [0.2, 0.25) is 0 Å². The number of nitrogens with one attached hydrogen (secondary N) is 3. The summed E-state index contributed by atoms with van der Waals surface area (Å²) in [7, 11) is 0. The van der Waals surface area contributed by atoms with Crippen LogP contribution in [0.3, 0.4) is 0 Å². The number of esters is 1. The summed E-state index contributed by atoms with van der Waals surface area (Å²) in [5.41, 5.74) is 3.50. The van der Waals surface area contributed by atoms with Gasteiger partial charge >= 0.3 is 18.1 Å². The normalized spacial score (nSPS) is 11.5. The van der Waals surface area contributed by atoms with Gasteiger partial charge in [-0.1, -0.05) is 60.1 Å². The van der Waals surface area contributed by atoms with Crippen LogP contribution in [0.4, 0.5) is 26.7 Å². The second-order valence-electron chi connectivity index (χ2n) is 14.8. The fourth-order valence-electron chi connectivity index (χ4n) is 5.99. The molecule has 0 saturated heterocycles. The second-order valence-corrected chi connectivity index (χ2v) is 14.8. The van der Waals surface area contributed by atoms with Crippen molar-refractivity contribution in [3.05, 3.63) is 76.2 Å². The topological polar surface area (TPSA) is 150 Å². The molecule has 4 rings (SSSR count). The number of hydrogen-bond acceptors (Lipinski definition) is 8. The number of unbranched alkanes of at least 4 members (excludes halogenated alkanes) is 1. The molecule has 12 heteroatoms. The molecule has 0 unspecified atom stereocenters. The smallest absolute Gasteiger partial charge is 0.412 e. The monoisotopic (exact) mass is 741 g/mol. The van der Waals surface area contributed by atoms with Gasteiger partial charge in [0.05, 0.1) is 13.2 Å². The Morgan fingerprint density at radius 1 is 0.852 bits per heavy atom. The van der Waals surface area contributed by atoms with Crippen molar-refractivity contribution in [2.24, 2.45) is 0 Å². The predicted octanol–water partition coefficient (Wildman–Crippen LogP) is 9.82. The Labute approximate surface area is 318 Å². The third-order valence-corrected chi connectivity index (χ3v) is 8.55. The van der Waals surface area contributed by atoms with Gasteiger partial charge in [-0.3, -0.25) is 19.5 Å². The summed E-state index contributed by atoms with van der Waals surface area (Å²) in [6.07, 6.45) is 3.51. The number of urea groups is 1. The highest BCUT2D eigenvalue weighted by atomic mass is 16.6. The second kappa shape index (κ2) is 18.6. The number of aromatic nitrogens is 2. The standard InChI is InChI=1S/C42H55N5O7/c1-10-12-20-47-38-31(18-14-19-43-38)35(28-16-13-17-30(23-28)52-21-15-22-53-34(48)11-2)37(39(47)49)46-40(50)45-36-32(26(3)4)24-29(25-33(36)27(5)6)44-41(51)54-42(7,8)9/h13-14,16-19,23-27H,10-12,15,20-22H2,1-9H3,(H,44,51)(H2,45,46,50). The SMILES string of the molecule is CCCCn1c(=O)c(NC(=O)Nc2c(C(C)C)cc(NC(=O)OC(C)(C)C)cc2C(C)C)c(-c2cccc(OCCCOC(=O)CC)c2)c2cccnc21. The predicted molar refractivity (Wildman–Crippen MR) is 215 cm³/mol. The summed E-state index contributed by atoms with van der Waals surface area (Å²) in [5, 5.41) is 9.55. The number of anilines is 3. The van der Waals surface area contributed by atoms with Crippen LogP contribution in [0, 0.1) is 0 Å². The molecule has 4 aromatic rings. The largest absolute Gasteiger partial charge is 0.493 e. The van der Waals surface area contributed by atoms with Crippen LogP contribution < -0.4 is 26.2 Å². The highest BCUT2D eigenvalue weighted by Gasteiger charge is 2.24. The summed E-state index contributed by atoms with van der Waals surface area (Å²) < 4.78 is 18.3. The minimum absolute atomic E-state index is 0.0341. The fraction of sp³-hybridized carbons (Fsp3) is 0.452. The molecule has 2 heterocycles. The maximum atomic E-state index is 14.4. The fourth-order valence-corrected chi connectivity index (χ4v) is 5.99. The summed E-state index contributed by atoms with van der Waals surface area (Å²) in [6.45, 7) is 18.2. The van der Waals surface area contributed by atoms with Crippen LogP contribution in [0.5, 0.6) is 5.75 Å². The number of hydrogen-bond donors (Lipinski definition) is 3. The van der Waals surface area contributed by atoms with Crippen molar-refractivity contribution < 1.29 is 28.6 Å². The molecule has 2 aromatic carbocycles. The molecule has 0 aliphatic rings. The molecule has 0 saturated carbocycles. The molecule has 3 N–H and O–H groups in total. The van der Waals surface area contributed by atoms with E-state index in [1.165, 1.54) is 0 Å². The number of amides is 3. The Kier molecular flexibility index (Phi) is 14.2. The lowest BCUT2D eigenvalue weighted by Gasteiger charge is -2.24. The number of fused-ring (bicyclic) bond motifs is 1. The van der Waals surface area contributed by atoms with E-state index >= 15 is 0 Å². The van der Waals surface area contributed by atoms with Gasteiger partial charge in [-0.25, -0.2) is 14.6 Å². The van der Waals surface area contributed by atoms with Gasteiger partial charge in [0.15, 0.2) is 0 Å². The molecule has 12 nitrogen and oxygen atoms in total. The zero-order chi connectivity index (χ0) is 39.6. The highest BCUT2D eigenvalue weighted by Crippen LogP contribution is 2.38. The zero-order valence-electron chi connectivity index (χ0n) is 33.1. The Bertz CT molecular complexity index is 1980. The van der Waals surface area contributed by atoms with Gasteiger partial charge in [0.25, 0.3) is 5.56 Å². The van der Waals surface area contributed by atoms with E-state index in [4.69, 9.17) is 14.2 Å². The molecule has 0 spiro atoms. The van der Waals surface area contributed by atoms with Crippen LogP contribution in [-0.4, -0.2) is 46.5 Å². The molecule has 0 aliphatic carbocycles. The number of pyridine rings is 2. The average Bonchev–Trinajstić information content (AvgIpc) is 3.11. The number of benzene rings is 2. The van der Waals surface area contributed by atoms with Crippen LogP contribution >= 0.6 is 0 Å². The number of rotatable bonds is 15. The molecule has 0 aliphatic heterocycles. The van der Waals surface area contributed by atoms with Gasteiger partial charge in [-0.2, -0.15) is 0 Å². The van der Waals surface area contributed by atoms with Gasteiger partial charge in [-0.05, 0) is 92.1 Å². The number of carbonyl (C=O) groups is 3. The lowest BCUT2D eigenvalue weighted by atomic mass is 9.91. The van der Waals surface area contributed by atoms with Gasteiger partial charge < -0.3 is 24.8 Å². The summed E-state index contributed by atoms with van der Waals surface area (Å²) in [5.74, 6) is 0.227. The van der Waals surface area contributed by atoms with Gasteiger partial charge in [0.1, 0.15) is 22.7 Å². The third-order valence-electron chi connectivity index (χ3n) is 8.55. The van der Waals surface area contributed by atoms with Gasteiger partial charge in [0, 0.05) is 47.9 Å². The van der Waals surface area contributed by atoms with Crippen molar-refractivity contribution in [1.82, 2.24) is 9.55 Å². The molecule has 290 valence electrons. The molecule has 54 heavy (non-hydrogen) atoms. The maximum absolute atomic E-state index is 14.4. The van der Waals surface area contributed by atoms with Crippen molar-refractivity contribution in [3.8, 4) is 16.9 Å². The minimum atomic E-state index is -0.668. The lowest BCUT2D eigenvalue weighted by molar-refractivity contribution is -0.143. The third kappa shape index (κ3) is 10.8. The van der Waals surface area contributed by atoms with E-state index in [9.17, 15) is 19.2 Å². The summed E-state index contributed by atoms with van der Waals surface area (Å²) in [6, 6.07) is 14.1. The maximum Gasteiger partial charge on any atom is 0.412 e. The van der Waals surface area contributed by atoms with Gasteiger partial charge in [-0.15, -0.1) is 0 Å². The molecule has 0 fully saturated rings. The molecule has 0 bridgehead atoms. The van der Waals surface area contributed by atoms with Crippen molar-refractivity contribution in [2.75, 3.05) is 29.2 Å². The Morgan fingerprint density at radius 3 is 2.17 bits per heavy atom. The van der Waals surface area contributed by atoms with Crippen molar-refractivity contribution in [1.29, 1.82) is 0 Å². The highest BCUT2D eigenvalue weighted by molar-refractivity contribution is 6.08. The first-order valence-electron chi connectivity index (χ1n) is 18.8. The van der Waals surface area contributed by atoms with E-state index < -0.39 is 17.7 Å². The van der Waals surface area contributed by atoms with Crippen LogP contribution in [0.2, 0.25) is 0 Å². The van der Waals surface area contributed by atoms with E-state index in [1.807, 2.05) is 77.1 Å². The average molecular weight is 742 g/mol. The van der Waals surface area contributed by atoms with Crippen molar-refractivity contribution in [3.63, 3.8) is 0 Å². The molecular weight excluding hydrogens is 686 g/mol. The van der Waals surface area contributed by atoms with Crippen molar-refractivity contribution in [2.45, 2.75) is 112 Å². The first-order valence-corrected chi connectivity index (χ1v) is 18.8. The van der Waals surface area contributed by atoms with Crippen LogP contribution in [-0.2, 0) is 20.8 Å². The number of aryl methyl sites for hydroxylation is 1. The molecule has 3 amide bonds. The Balaban J connectivity index is 1.77. The van der Waals surface area contributed by atoms with E-state index in [2.05, 4.69) is 20.9 Å². The number of ether oxygens (including phenoxy) is 3.